The average Bonchev–Trinajstić information content (AvgIpc) is 2.59. The molecule has 0 heterocycles. The Balaban J connectivity index is 2.13. The summed E-state index contributed by atoms with van der Waals surface area (Å²) in [4.78, 5) is 12.4. The van der Waals surface area contributed by atoms with Crippen molar-refractivity contribution in [3.05, 3.63) is 48.6 Å². The van der Waals surface area contributed by atoms with Crippen molar-refractivity contribution in [1.29, 1.82) is 0 Å². The van der Waals surface area contributed by atoms with Crippen LogP contribution in [0.5, 0.6) is 0 Å². The molecule has 2 N–H and O–H groups in total. The lowest BCUT2D eigenvalue weighted by Gasteiger charge is -2.46. The fourth-order valence-electron chi connectivity index (χ4n) is 3.86. The summed E-state index contributed by atoms with van der Waals surface area (Å²) in [6.45, 7) is 8.43. The molecule has 0 radical (unpaired) electrons. The number of carbonyl (C=O) groups is 1. The smallest absolute Gasteiger partial charge is 0.265 e. The number of nitrogens with one attached hydrogen (secondary N) is 2. The SMILES string of the molecule is C=CC[C@](NNC(=O)c1ccccc1)(C(C)C)C1CCCCC1. The summed E-state index contributed by atoms with van der Waals surface area (Å²) in [5.41, 5.74) is 6.96. The predicted molar refractivity (Wildman–Crippen MR) is 96.0 cm³/mol. The predicted octanol–water partition coefficient (Wildman–Crippen LogP) is 4.47. The monoisotopic (exact) mass is 314 g/mol. The zero-order valence-corrected chi connectivity index (χ0v) is 14.5. The van der Waals surface area contributed by atoms with Gasteiger partial charge in [0.15, 0.2) is 0 Å². The number of carbonyl (C=O) groups excluding carboxylic acids is 1. The van der Waals surface area contributed by atoms with Crippen LogP contribution >= 0.6 is 0 Å². The highest BCUT2D eigenvalue weighted by atomic mass is 16.2. The Bertz CT molecular complexity index is 506. The number of amides is 1. The quantitative estimate of drug-likeness (QED) is 0.576. The molecule has 1 atom stereocenters. The normalized spacial score (nSPS) is 18.4. The summed E-state index contributed by atoms with van der Waals surface area (Å²) in [7, 11) is 0. The molecule has 0 aliphatic heterocycles. The number of benzene rings is 1. The van der Waals surface area contributed by atoms with Gasteiger partial charge in [0, 0.05) is 11.1 Å². The molecule has 1 aromatic carbocycles. The first kappa shape index (κ1) is 17.7. The van der Waals surface area contributed by atoms with Crippen LogP contribution in [0.4, 0.5) is 0 Å². The molecule has 1 fully saturated rings. The van der Waals surface area contributed by atoms with Crippen LogP contribution in [0.15, 0.2) is 43.0 Å². The van der Waals surface area contributed by atoms with E-state index in [1.807, 2.05) is 36.4 Å². The molecule has 1 aliphatic rings. The van der Waals surface area contributed by atoms with Crippen LogP contribution < -0.4 is 10.9 Å². The van der Waals surface area contributed by atoms with E-state index in [0.717, 1.165) is 6.42 Å². The van der Waals surface area contributed by atoms with Gasteiger partial charge in [0.2, 0.25) is 0 Å². The lowest BCUT2D eigenvalue weighted by atomic mass is 9.67. The van der Waals surface area contributed by atoms with Gasteiger partial charge in [0.1, 0.15) is 0 Å². The Labute approximate surface area is 140 Å². The minimum Gasteiger partial charge on any atom is -0.287 e. The second-order valence-corrected chi connectivity index (χ2v) is 6.97. The third kappa shape index (κ3) is 4.23. The molecule has 1 aromatic rings. The van der Waals surface area contributed by atoms with Crippen molar-refractivity contribution in [1.82, 2.24) is 10.9 Å². The van der Waals surface area contributed by atoms with Crippen molar-refractivity contribution >= 4 is 5.91 Å². The van der Waals surface area contributed by atoms with Crippen molar-refractivity contribution < 1.29 is 4.79 Å². The van der Waals surface area contributed by atoms with Gasteiger partial charge in [-0.3, -0.25) is 10.2 Å². The first-order chi connectivity index (χ1) is 11.1. The molecule has 0 bridgehead atoms. The highest BCUT2D eigenvalue weighted by molar-refractivity contribution is 5.93. The van der Waals surface area contributed by atoms with Crippen molar-refractivity contribution in [3.63, 3.8) is 0 Å². The summed E-state index contributed by atoms with van der Waals surface area (Å²) in [5, 5.41) is 0. The zero-order valence-electron chi connectivity index (χ0n) is 14.5. The van der Waals surface area contributed by atoms with Gasteiger partial charge in [-0.1, -0.05) is 57.4 Å². The Morgan fingerprint density at radius 2 is 1.91 bits per heavy atom. The van der Waals surface area contributed by atoms with Gasteiger partial charge in [-0.25, -0.2) is 5.43 Å². The average molecular weight is 314 g/mol. The van der Waals surface area contributed by atoms with Crippen LogP contribution in [-0.2, 0) is 0 Å². The van der Waals surface area contributed by atoms with Crippen LogP contribution in [0.2, 0.25) is 0 Å². The molecule has 3 heteroatoms. The van der Waals surface area contributed by atoms with Crippen molar-refractivity contribution in [2.45, 2.75) is 57.9 Å². The summed E-state index contributed by atoms with van der Waals surface area (Å²) >= 11 is 0. The molecule has 0 unspecified atom stereocenters. The molecule has 1 saturated carbocycles. The highest BCUT2D eigenvalue weighted by Crippen LogP contribution is 2.39. The Hall–Kier alpha value is -1.61. The number of hydrogen-bond donors (Lipinski definition) is 2. The Morgan fingerprint density at radius 3 is 2.48 bits per heavy atom. The van der Waals surface area contributed by atoms with E-state index >= 15 is 0 Å². The van der Waals surface area contributed by atoms with Gasteiger partial charge in [0.05, 0.1) is 0 Å². The minimum atomic E-state index is -0.118. The van der Waals surface area contributed by atoms with Gasteiger partial charge in [-0.15, -0.1) is 6.58 Å². The van der Waals surface area contributed by atoms with E-state index in [-0.39, 0.29) is 11.4 Å². The largest absolute Gasteiger partial charge is 0.287 e. The van der Waals surface area contributed by atoms with Crippen molar-refractivity contribution in [2.75, 3.05) is 0 Å². The third-order valence-corrected chi connectivity index (χ3v) is 5.29. The fourth-order valence-corrected chi connectivity index (χ4v) is 3.86. The van der Waals surface area contributed by atoms with E-state index in [9.17, 15) is 4.79 Å². The van der Waals surface area contributed by atoms with Crippen LogP contribution in [0.25, 0.3) is 0 Å². The molecule has 0 spiro atoms. The maximum absolute atomic E-state index is 12.4. The standard InChI is InChI=1S/C20H30N2O/c1-4-15-20(16(2)3,18-13-9-6-10-14-18)22-21-19(23)17-11-7-5-8-12-17/h4-5,7-8,11-12,16,18,22H,1,6,9-10,13-15H2,2-3H3,(H,21,23)/t20-/m0/s1. The molecular formula is C20H30N2O. The number of rotatable bonds is 7. The van der Waals surface area contributed by atoms with E-state index in [4.69, 9.17) is 0 Å². The van der Waals surface area contributed by atoms with Gasteiger partial charge in [0.25, 0.3) is 5.91 Å². The van der Waals surface area contributed by atoms with Gasteiger partial charge < -0.3 is 0 Å². The molecule has 3 nitrogen and oxygen atoms in total. The van der Waals surface area contributed by atoms with Crippen LogP contribution in [0.3, 0.4) is 0 Å². The van der Waals surface area contributed by atoms with Crippen molar-refractivity contribution in [2.24, 2.45) is 11.8 Å². The van der Waals surface area contributed by atoms with E-state index in [0.29, 0.717) is 17.4 Å². The van der Waals surface area contributed by atoms with Crippen LogP contribution in [0.1, 0.15) is 62.7 Å². The molecule has 126 valence electrons. The summed E-state index contributed by atoms with van der Waals surface area (Å²) < 4.78 is 0. The van der Waals surface area contributed by atoms with Gasteiger partial charge >= 0.3 is 0 Å². The number of hydrazine groups is 1. The molecule has 23 heavy (non-hydrogen) atoms. The highest BCUT2D eigenvalue weighted by Gasteiger charge is 2.41. The first-order valence-electron chi connectivity index (χ1n) is 8.83. The third-order valence-electron chi connectivity index (χ3n) is 5.29. The lowest BCUT2D eigenvalue weighted by Crippen LogP contribution is -2.61. The molecule has 2 rings (SSSR count). The van der Waals surface area contributed by atoms with E-state index in [2.05, 4.69) is 31.3 Å². The maximum Gasteiger partial charge on any atom is 0.265 e. The maximum atomic E-state index is 12.4. The minimum absolute atomic E-state index is 0.0736. The molecular weight excluding hydrogens is 284 g/mol. The fraction of sp³-hybridized carbons (Fsp3) is 0.550. The van der Waals surface area contributed by atoms with E-state index in [1.54, 1.807) is 0 Å². The van der Waals surface area contributed by atoms with Gasteiger partial charge in [-0.05, 0) is 43.2 Å². The molecule has 0 saturated heterocycles. The van der Waals surface area contributed by atoms with E-state index in [1.165, 1.54) is 32.1 Å². The topological polar surface area (TPSA) is 41.1 Å². The summed E-state index contributed by atoms with van der Waals surface area (Å²) in [6.07, 6.45) is 9.19. The van der Waals surface area contributed by atoms with Crippen molar-refractivity contribution in [3.8, 4) is 0 Å². The summed E-state index contributed by atoms with van der Waals surface area (Å²) in [6, 6.07) is 9.36. The zero-order chi connectivity index (χ0) is 16.7. The molecule has 1 aliphatic carbocycles. The second-order valence-electron chi connectivity index (χ2n) is 6.97. The summed E-state index contributed by atoms with van der Waals surface area (Å²) in [5.74, 6) is 0.917. The van der Waals surface area contributed by atoms with Crippen LogP contribution in [0, 0.1) is 11.8 Å². The number of hydrogen-bond acceptors (Lipinski definition) is 2. The van der Waals surface area contributed by atoms with Gasteiger partial charge in [-0.2, -0.15) is 0 Å². The Morgan fingerprint density at radius 1 is 1.26 bits per heavy atom. The molecule has 0 aromatic heterocycles. The Kier molecular flexibility index (Phi) is 6.40. The first-order valence-corrected chi connectivity index (χ1v) is 8.83. The molecule has 1 amide bonds. The second kappa shape index (κ2) is 8.30. The van der Waals surface area contributed by atoms with Crippen LogP contribution in [-0.4, -0.2) is 11.4 Å². The van der Waals surface area contributed by atoms with E-state index < -0.39 is 0 Å². The lowest BCUT2D eigenvalue weighted by molar-refractivity contribution is 0.0720.